The van der Waals surface area contributed by atoms with Crippen molar-refractivity contribution in [3.63, 3.8) is 0 Å². The number of benzene rings is 1. The molecule has 18 heavy (non-hydrogen) atoms. The third-order valence-corrected chi connectivity index (χ3v) is 3.67. The van der Waals surface area contributed by atoms with Crippen LogP contribution < -0.4 is 5.73 Å². The Morgan fingerprint density at radius 2 is 1.83 bits per heavy atom. The van der Waals surface area contributed by atoms with E-state index in [4.69, 9.17) is 5.73 Å². The van der Waals surface area contributed by atoms with Gasteiger partial charge in [-0.3, -0.25) is 4.79 Å². The van der Waals surface area contributed by atoms with Crippen molar-refractivity contribution in [2.75, 3.05) is 20.6 Å². The maximum absolute atomic E-state index is 12.1. The van der Waals surface area contributed by atoms with Gasteiger partial charge in [-0.25, -0.2) is 0 Å². The highest BCUT2D eigenvalue weighted by Crippen LogP contribution is 2.35. The summed E-state index contributed by atoms with van der Waals surface area (Å²) in [5, 5.41) is 0. The lowest BCUT2D eigenvalue weighted by Gasteiger charge is -2.36. The van der Waals surface area contributed by atoms with Crippen molar-refractivity contribution in [2.45, 2.75) is 25.7 Å². The first-order valence-corrected chi connectivity index (χ1v) is 6.41. The van der Waals surface area contributed by atoms with Gasteiger partial charge in [0.15, 0.2) is 0 Å². The Morgan fingerprint density at radius 3 is 2.22 bits per heavy atom. The Bertz CT molecular complexity index is 387. The molecule has 1 aromatic rings. The van der Waals surface area contributed by atoms with E-state index in [-0.39, 0.29) is 11.8 Å². The van der Waals surface area contributed by atoms with Crippen LogP contribution in [0.15, 0.2) is 30.3 Å². The Labute approximate surface area is 110 Å². The molecular formula is C15H24N2O. The normalized spacial score (nSPS) is 14.8. The zero-order valence-corrected chi connectivity index (χ0v) is 11.8. The van der Waals surface area contributed by atoms with Crippen LogP contribution in [0.4, 0.5) is 0 Å². The summed E-state index contributed by atoms with van der Waals surface area (Å²) in [5.41, 5.74) is 6.18. The fourth-order valence-electron chi connectivity index (χ4n) is 2.45. The number of carbonyl (C=O) groups excluding carboxylic acids is 1. The summed E-state index contributed by atoms with van der Waals surface area (Å²) in [4.78, 5) is 14.2. The molecule has 3 nitrogen and oxygen atoms in total. The van der Waals surface area contributed by atoms with E-state index in [1.165, 1.54) is 0 Å². The molecule has 0 radical (unpaired) electrons. The number of rotatable bonds is 6. The Morgan fingerprint density at radius 1 is 1.28 bits per heavy atom. The van der Waals surface area contributed by atoms with Crippen LogP contribution in [0, 0.1) is 5.92 Å². The fourth-order valence-corrected chi connectivity index (χ4v) is 2.45. The van der Waals surface area contributed by atoms with Crippen molar-refractivity contribution in [3.05, 3.63) is 35.9 Å². The molecule has 0 fully saturated rings. The molecule has 0 aliphatic rings. The first-order chi connectivity index (χ1) is 8.41. The first kappa shape index (κ1) is 14.7. The number of nitrogens with zero attached hydrogens (tertiary/aromatic N) is 1. The lowest BCUT2D eigenvalue weighted by atomic mass is 9.68. The van der Waals surface area contributed by atoms with Crippen molar-refractivity contribution >= 4 is 5.91 Å². The van der Waals surface area contributed by atoms with Crippen LogP contribution in [0.5, 0.6) is 0 Å². The van der Waals surface area contributed by atoms with Crippen molar-refractivity contribution in [2.24, 2.45) is 11.7 Å². The molecule has 1 unspecified atom stereocenters. The second-order valence-corrected chi connectivity index (χ2v) is 5.41. The minimum Gasteiger partial charge on any atom is -0.369 e. The Balaban J connectivity index is 3.18. The van der Waals surface area contributed by atoms with Crippen LogP contribution in [-0.4, -0.2) is 31.4 Å². The SMILES string of the molecule is CC(C)C(CCN(C)C)(C(N)=O)c1ccccc1. The maximum atomic E-state index is 12.1. The van der Waals surface area contributed by atoms with Gasteiger partial charge in [-0.15, -0.1) is 0 Å². The van der Waals surface area contributed by atoms with E-state index < -0.39 is 5.41 Å². The molecule has 0 aliphatic heterocycles. The van der Waals surface area contributed by atoms with Gasteiger partial charge in [0, 0.05) is 0 Å². The van der Waals surface area contributed by atoms with Gasteiger partial charge in [-0.1, -0.05) is 44.2 Å². The van der Waals surface area contributed by atoms with Gasteiger partial charge in [-0.2, -0.15) is 0 Å². The van der Waals surface area contributed by atoms with Crippen LogP contribution >= 0.6 is 0 Å². The molecule has 1 rings (SSSR count). The number of nitrogens with two attached hydrogens (primary N) is 1. The van der Waals surface area contributed by atoms with Crippen molar-refractivity contribution in [1.82, 2.24) is 4.90 Å². The molecule has 100 valence electrons. The molecule has 0 aromatic heterocycles. The Kier molecular flexibility index (Phi) is 4.91. The van der Waals surface area contributed by atoms with Crippen LogP contribution in [-0.2, 0) is 10.2 Å². The van der Waals surface area contributed by atoms with Crippen molar-refractivity contribution < 1.29 is 4.79 Å². The Hall–Kier alpha value is -1.35. The van der Waals surface area contributed by atoms with Gasteiger partial charge in [0.25, 0.3) is 0 Å². The number of carbonyl (C=O) groups is 1. The highest BCUT2D eigenvalue weighted by molar-refractivity contribution is 5.87. The summed E-state index contributed by atoms with van der Waals surface area (Å²) >= 11 is 0. The molecule has 0 aliphatic carbocycles. The van der Waals surface area contributed by atoms with E-state index in [9.17, 15) is 4.79 Å². The summed E-state index contributed by atoms with van der Waals surface area (Å²) < 4.78 is 0. The predicted molar refractivity (Wildman–Crippen MR) is 75.3 cm³/mol. The largest absolute Gasteiger partial charge is 0.369 e. The summed E-state index contributed by atoms with van der Waals surface area (Å²) in [6, 6.07) is 9.89. The van der Waals surface area contributed by atoms with Crippen LogP contribution in [0.1, 0.15) is 25.8 Å². The topological polar surface area (TPSA) is 46.3 Å². The molecule has 1 atom stereocenters. The molecule has 1 aromatic carbocycles. The van der Waals surface area contributed by atoms with Gasteiger partial charge in [0.2, 0.25) is 5.91 Å². The smallest absolute Gasteiger partial charge is 0.228 e. The average molecular weight is 248 g/mol. The summed E-state index contributed by atoms with van der Waals surface area (Å²) in [5.74, 6) is -0.0529. The number of hydrogen-bond acceptors (Lipinski definition) is 2. The van der Waals surface area contributed by atoms with E-state index in [0.717, 1.165) is 18.5 Å². The van der Waals surface area contributed by atoms with Gasteiger partial charge in [0.1, 0.15) is 0 Å². The first-order valence-electron chi connectivity index (χ1n) is 6.41. The maximum Gasteiger partial charge on any atom is 0.228 e. The molecule has 0 saturated heterocycles. The zero-order chi connectivity index (χ0) is 13.8. The quantitative estimate of drug-likeness (QED) is 0.837. The highest BCUT2D eigenvalue weighted by Gasteiger charge is 2.41. The van der Waals surface area contributed by atoms with Gasteiger partial charge < -0.3 is 10.6 Å². The van der Waals surface area contributed by atoms with Crippen LogP contribution in [0.3, 0.4) is 0 Å². The lowest BCUT2D eigenvalue weighted by molar-refractivity contribution is -0.125. The molecule has 0 heterocycles. The van der Waals surface area contributed by atoms with Gasteiger partial charge in [0.05, 0.1) is 5.41 Å². The average Bonchev–Trinajstić information content (AvgIpc) is 2.30. The number of amides is 1. The van der Waals surface area contributed by atoms with Crippen molar-refractivity contribution in [1.29, 1.82) is 0 Å². The van der Waals surface area contributed by atoms with E-state index in [2.05, 4.69) is 18.7 Å². The predicted octanol–water partition coefficient (Wildman–Crippen LogP) is 2.02. The number of hydrogen-bond donors (Lipinski definition) is 1. The fraction of sp³-hybridized carbons (Fsp3) is 0.533. The number of primary amides is 1. The van der Waals surface area contributed by atoms with Crippen molar-refractivity contribution in [3.8, 4) is 0 Å². The van der Waals surface area contributed by atoms with Gasteiger partial charge >= 0.3 is 0 Å². The molecular weight excluding hydrogens is 224 g/mol. The molecule has 0 bridgehead atoms. The lowest BCUT2D eigenvalue weighted by Crippen LogP contribution is -2.47. The van der Waals surface area contributed by atoms with E-state index in [0.29, 0.717) is 0 Å². The molecule has 3 heteroatoms. The summed E-state index contributed by atoms with van der Waals surface area (Å²) in [6.45, 7) is 4.97. The second-order valence-electron chi connectivity index (χ2n) is 5.41. The van der Waals surface area contributed by atoms with Gasteiger partial charge in [-0.05, 0) is 38.5 Å². The zero-order valence-electron chi connectivity index (χ0n) is 11.8. The summed E-state index contributed by atoms with van der Waals surface area (Å²) in [7, 11) is 4.02. The minimum absolute atomic E-state index is 0.178. The molecule has 0 saturated carbocycles. The van der Waals surface area contributed by atoms with E-state index >= 15 is 0 Å². The minimum atomic E-state index is -0.578. The van der Waals surface area contributed by atoms with E-state index in [1.54, 1.807) is 0 Å². The molecule has 1 amide bonds. The molecule has 2 N–H and O–H groups in total. The molecule has 0 spiro atoms. The van der Waals surface area contributed by atoms with Crippen LogP contribution in [0.25, 0.3) is 0 Å². The second kappa shape index (κ2) is 6.01. The third kappa shape index (κ3) is 2.91. The summed E-state index contributed by atoms with van der Waals surface area (Å²) in [6.07, 6.45) is 0.747. The standard InChI is InChI=1S/C15H24N2O/c1-12(2)15(14(16)18,10-11-17(3)4)13-8-6-5-7-9-13/h5-9,12H,10-11H2,1-4H3,(H2,16,18). The van der Waals surface area contributed by atoms with E-state index in [1.807, 2.05) is 44.4 Å². The third-order valence-electron chi connectivity index (χ3n) is 3.67. The monoisotopic (exact) mass is 248 g/mol. The van der Waals surface area contributed by atoms with Crippen LogP contribution in [0.2, 0.25) is 0 Å². The highest BCUT2D eigenvalue weighted by atomic mass is 16.1.